The molecule has 0 aliphatic carbocycles. The van der Waals surface area contributed by atoms with Crippen LogP contribution in [0.3, 0.4) is 0 Å². The third-order valence-electron chi connectivity index (χ3n) is 5.64. The number of ketones is 1. The molecule has 1 aliphatic rings. The highest BCUT2D eigenvalue weighted by Gasteiger charge is 2.42. The second-order valence-electron chi connectivity index (χ2n) is 7.75. The van der Waals surface area contributed by atoms with E-state index in [4.69, 9.17) is 22.8 Å². The molecular formula is C22H24ClF3N2O5. The average molecular weight is 489 g/mol. The zero-order chi connectivity index (χ0) is 24.9. The van der Waals surface area contributed by atoms with Gasteiger partial charge in [-0.1, -0.05) is 18.5 Å². The Morgan fingerprint density at radius 2 is 1.91 bits per heavy atom. The molecule has 0 radical (unpaired) electrons. The molecule has 0 saturated carbocycles. The Kier molecular flexibility index (Phi) is 8.61. The molecule has 1 aromatic carbocycles. The summed E-state index contributed by atoms with van der Waals surface area (Å²) in [6.45, 7) is 1.51. The van der Waals surface area contributed by atoms with Crippen molar-refractivity contribution in [2.24, 2.45) is 0 Å². The first-order valence-electron chi connectivity index (χ1n) is 10.1. The SMILES string of the molecule is C#CC(=O)CC1CC(N(Cc2cc(Cl)cc(C(F)(F)F)c2)C(=O)OC)CC(CC)N1C(=O)O. The smallest absolute Gasteiger partial charge is 0.416 e. The Hall–Kier alpha value is -2.93. The predicted molar refractivity (Wildman–Crippen MR) is 114 cm³/mol. The van der Waals surface area contributed by atoms with Crippen molar-refractivity contribution in [3.63, 3.8) is 0 Å². The van der Waals surface area contributed by atoms with E-state index in [0.29, 0.717) is 6.42 Å². The molecular weight excluding hydrogens is 465 g/mol. The number of carboxylic acid groups (broad SMARTS) is 1. The van der Waals surface area contributed by atoms with E-state index in [1.165, 1.54) is 15.9 Å². The number of benzene rings is 1. The number of nitrogens with zero attached hydrogens (tertiary/aromatic N) is 2. The van der Waals surface area contributed by atoms with Crippen LogP contribution in [0.2, 0.25) is 5.02 Å². The maximum Gasteiger partial charge on any atom is 0.416 e. The average Bonchev–Trinajstić information content (AvgIpc) is 2.74. The maximum atomic E-state index is 13.2. The standard InChI is InChI=1S/C22H24ClF3N2O5/c1-4-16-9-17(10-18(11-19(29)5-2)28(16)20(30)31)27(21(32)33-3)12-13-6-14(22(24,25)26)8-15(23)7-13/h2,6-8,16-18H,4,9-12H2,1,3H3,(H,30,31). The van der Waals surface area contributed by atoms with E-state index in [1.54, 1.807) is 6.92 Å². The van der Waals surface area contributed by atoms with Crippen molar-refractivity contribution in [1.29, 1.82) is 0 Å². The van der Waals surface area contributed by atoms with E-state index in [1.807, 2.05) is 5.92 Å². The van der Waals surface area contributed by atoms with Gasteiger partial charge in [-0.05, 0) is 48.9 Å². The lowest BCUT2D eigenvalue weighted by Crippen LogP contribution is -2.57. The van der Waals surface area contributed by atoms with Crippen molar-refractivity contribution < 1.29 is 37.4 Å². The lowest BCUT2D eigenvalue weighted by molar-refractivity contribution is -0.137. The molecule has 7 nitrogen and oxygen atoms in total. The lowest BCUT2D eigenvalue weighted by atomic mass is 9.87. The van der Waals surface area contributed by atoms with Crippen LogP contribution in [0.5, 0.6) is 0 Å². The Labute approximate surface area is 194 Å². The van der Waals surface area contributed by atoms with Gasteiger partial charge in [-0.15, -0.1) is 6.42 Å². The molecule has 180 valence electrons. The molecule has 1 aliphatic heterocycles. The molecule has 2 amide bonds. The van der Waals surface area contributed by atoms with E-state index in [2.05, 4.69) is 0 Å². The Morgan fingerprint density at radius 1 is 1.27 bits per heavy atom. The summed E-state index contributed by atoms with van der Waals surface area (Å²) >= 11 is 5.87. The fourth-order valence-electron chi connectivity index (χ4n) is 4.20. The predicted octanol–water partition coefficient (Wildman–Crippen LogP) is 4.81. The van der Waals surface area contributed by atoms with Crippen molar-refractivity contribution in [3.05, 3.63) is 34.3 Å². The van der Waals surface area contributed by atoms with Crippen molar-refractivity contribution in [2.45, 2.75) is 63.5 Å². The number of halogens is 4. The first-order valence-corrected chi connectivity index (χ1v) is 10.5. The summed E-state index contributed by atoms with van der Waals surface area (Å²) < 4.78 is 44.5. The highest BCUT2D eigenvalue weighted by molar-refractivity contribution is 6.30. The van der Waals surface area contributed by atoms with Gasteiger partial charge >= 0.3 is 18.4 Å². The first kappa shape index (κ1) is 26.3. The molecule has 0 bridgehead atoms. The van der Waals surface area contributed by atoms with E-state index in [0.717, 1.165) is 19.2 Å². The number of hydrogen-bond donors (Lipinski definition) is 1. The molecule has 3 atom stereocenters. The molecule has 11 heteroatoms. The number of amides is 2. The van der Waals surface area contributed by atoms with Crippen molar-refractivity contribution >= 4 is 29.6 Å². The highest BCUT2D eigenvalue weighted by atomic mass is 35.5. The van der Waals surface area contributed by atoms with E-state index < -0.39 is 47.8 Å². The number of piperidine rings is 1. The fraction of sp³-hybridized carbons (Fsp3) is 0.500. The summed E-state index contributed by atoms with van der Waals surface area (Å²) in [6, 6.07) is 1.05. The fourth-order valence-corrected chi connectivity index (χ4v) is 4.45. The van der Waals surface area contributed by atoms with Crippen molar-refractivity contribution in [2.75, 3.05) is 7.11 Å². The maximum absolute atomic E-state index is 13.2. The highest BCUT2D eigenvalue weighted by Crippen LogP contribution is 2.34. The Balaban J connectivity index is 2.42. The number of carbonyl (C=O) groups is 3. The third kappa shape index (κ3) is 6.54. The van der Waals surface area contributed by atoms with Crippen LogP contribution in [0, 0.1) is 12.3 Å². The number of hydrogen-bond acceptors (Lipinski definition) is 4. The van der Waals surface area contributed by atoms with Gasteiger partial charge in [0.1, 0.15) is 0 Å². The van der Waals surface area contributed by atoms with Crippen LogP contribution in [0.25, 0.3) is 0 Å². The van der Waals surface area contributed by atoms with Crippen LogP contribution in [0.15, 0.2) is 18.2 Å². The van der Waals surface area contributed by atoms with Crippen LogP contribution in [-0.4, -0.2) is 58.1 Å². The van der Waals surface area contributed by atoms with Crippen LogP contribution in [-0.2, 0) is 22.3 Å². The number of methoxy groups -OCH3 is 1. The van der Waals surface area contributed by atoms with Crippen LogP contribution < -0.4 is 0 Å². The zero-order valence-corrected chi connectivity index (χ0v) is 18.8. The third-order valence-corrected chi connectivity index (χ3v) is 5.86. The number of terminal acetylenes is 1. The molecule has 1 fully saturated rings. The van der Waals surface area contributed by atoms with Gasteiger partial charge < -0.3 is 19.6 Å². The Bertz CT molecular complexity index is 947. The summed E-state index contributed by atoms with van der Waals surface area (Å²) in [5.41, 5.74) is -0.829. The molecule has 0 spiro atoms. The van der Waals surface area contributed by atoms with Crippen molar-refractivity contribution in [3.8, 4) is 12.3 Å². The second-order valence-corrected chi connectivity index (χ2v) is 8.18. The van der Waals surface area contributed by atoms with Gasteiger partial charge in [-0.3, -0.25) is 4.79 Å². The topological polar surface area (TPSA) is 87.2 Å². The van der Waals surface area contributed by atoms with E-state index in [9.17, 15) is 32.7 Å². The minimum atomic E-state index is -4.63. The summed E-state index contributed by atoms with van der Waals surface area (Å²) in [4.78, 5) is 38.8. The summed E-state index contributed by atoms with van der Waals surface area (Å²) in [7, 11) is 1.14. The summed E-state index contributed by atoms with van der Waals surface area (Å²) in [6.07, 6.45) is -1.05. The van der Waals surface area contributed by atoms with Gasteiger partial charge in [0.25, 0.3) is 0 Å². The summed E-state index contributed by atoms with van der Waals surface area (Å²) in [5.74, 6) is 1.38. The van der Waals surface area contributed by atoms with E-state index in [-0.39, 0.29) is 36.4 Å². The van der Waals surface area contributed by atoms with E-state index >= 15 is 0 Å². The first-order chi connectivity index (χ1) is 15.4. The molecule has 0 aromatic heterocycles. The summed E-state index contributed by atoms with van der Waals surface area (Å²) in [5, 5.41) is 9.54. The molecule has 3 unspecified atom stereocenters. The van der Waals surface area contributed by atoms with Gasteiger partial charge in [0, 0.05) is 36.1 Å². The number of Topliss-reactive ketones (excluding diaryl/α,β-unsaturated/α-hetero) is 1. The van der Waals surface area contributed by atoms with Crippen LogP contribution in [0.1, 0.15) is 43.7 Å². The number of likely N-dealkylation sites (tertiary alicyclic amines) is 1. The number of ether oxygens (including phenoxy) is 1. The van der Waals surface area contributed by atoms with Gasteiger partial charge in [-0.25, -0.2) is 9.59 Å². The molecule has 1 N–H and O–H groups in total. The van der Waals surface area contributed by atoms with Crippen LogP contribution in [0.4, 0.5) is 22.8 Å². The quantitative estimate of drug-likeness (QED) is 0.458. The minimum Gasteiger partial charge on any atom is -0.465 e. The second kappa shape index (κ2) is 10.8. The largest absolute Gasteiger partial charge is 0.465 e. The van der Waals surface area contributed by atoms with Crippen molar-refractivity contribution in [1.82, 2.24) is 9.80 Å². The van der Waals surface area contributed by atoms with Crippen LogP contribution >= 0.6 is 11.6 Å². The lowest BCUT2D eigenvalue weighted by Gasteiger charge is -2.46. The molecule has 1 aromatic rings. The molecule has 1 heterocycles. The monoisotopic (exact) mass is 488 g/mol. The van der Waals surface area contributed by atoms with Gasteiger partial charge in [-0.2, -0.15) is 13.2 Å². The number of carbonyl (C=O) groups excluding carboxylic acids is 2. The van der Waals surface area contributed by atoms with Gasteiger partial charge in [0.15, 0.2) is 0 Å². The number of alkyl halides is 3. The Morgan fingerprint density at radius 3 is 2.42 bits per heavy atom. The number of rotatable bonds is 6. The normalized spacial score (nSPS) is 20.6. The zero-order valence-electron chi connectivity index (χ0n) is 18.1. The van der Waals surface area contributed by atoms with Gasteiger partial charge in [0.05, 0.1) is 12.7 Å². The molecule has 2 rings (SSSR count). The minimum absolute atomic E-state index is 0.0675. The molecule has 1 saturated heterocycles. The molecule has 33 heavy (non-hydrogen) atoms. The van der Waals surface area contributed by atoms with Gasteiger partial charge in [0.2, 0.25) is 5.78 Å².